The number of rotatable bonds is 3. The third kappa shape index (κ3) is 1.89. The maximum atomic E-state index is 6.06. The van der Waals surface area contributed by atoms with Crippen molar-refractivity contribution >= 4 is 0 Å². The van der Waals surface area contributed by atoms with Crippen molar-refractivity contribution in [2.75, 3.05) is 0 Å². The minimum absolute atomic E-state index is 0.228. The van der Waals surface area contributed by atoms with Crippen molar-refractivity contribution in [1.82, 2.24) is 0 Å². The molecule has 0 aliphatic carbocycles. The van der Waals surface area contributed by atoms with Crippen molar-refractivity contribution < 1.29 is 4.74 Å². The summed E-state index contributed by atoms with van der Waals surface area (Å²) in [5.74, 6) is 0.805. The first kappa shape index (κ1) is 10.3. The van der Waals surface area contributed by atoms with E-state index >= 15 is 0 Å². The lowest BCUT2D eigenvalue weighted by molar-refractivity contribution is 0.0241. The summed E-state index contributed by atoms with van der Waals surface area (Å²) in [6.45, 7) is 2.29. The van der Waals surface area contributed by atoms with Crippen LogP contribution in [0.25, 0.3) is 0 Å². The predicted octanol–water partition coefficient (Wildman–Crippen LogP) is 3.58. The topological polar surface area (TPSA) is 9.23 Å². The van der Waals surface area contributed by atoms with Crippen LogP contribution in [0.15, 0.2) is 30.3 Å². The zero-order chi connectivity index (χ0) is 11.0. The Morgan fingerprint density at radius 2 is 2.12 bits per heavy atom. The van der Waals surface area contributed by atoms with Gasteiger partial charge in [0, 0.05) is 0 Å². The fourth-order valence-corrected chi connectivity index (χ4v) is 3.38. The Kier molecular flexibility index (Phi) is 2.51. The highest BCUT2D eigenvalue weighted by molar-refractivity contribution is 5.15. The largest absolute Gasteiger partial charge is 0.372 e. The molecule has 0 amide bonds. The smallest absolute Gasteiger partial charge is 0.0663 e. The van der Waals surface area contributed by atoms with E-state index in [0.29, 0.717) is 6.10 Å². The van der Waals surface area contributed by atoms with Gasteiger partial charge in [-0.3, -0.25) is 0 Å². The molecule has 2 fully saturated rings. The van der Waals surface area contributed by atoms with E-state index in [1.54, 1.807) is 0 Å². The Balaban J connectivity index is 1.58. The number of aryl methyl sites for hydroxylation is 1. The zero-order valence-electron chi connectivity index (χ0n) is 9.99. The van der Waals surface area contributed by atoms with E-state index in [9.17, 15) is 0 Å². The summed E-state index contributed by atoms with van der Waals surface area (Å²) in [4.78, 5) is 0. The van der Waals surface area contributed by atoms with Crippen LogP contribution < -0.4 is 0 Å². The number of fused-ring (bicyclic) bond motifs is 2. The molecule has 2 heterocycles. The van der Waals surface area contributed by atoms with Crippen molar-refractivity contribution in [2.45, 2.75) is 50.7 Å². The second-order valence-corrected chi connectivity index (χ2v) is 5.63. The minimum Gasteiger partial charge on any atom is -0.372 e. The van der Waals surface area contributed by atoms with Crippen LogP contribution in [0.4, 0.5) is 0 Å². The Morgan fingerprint density at radius 3 is 2.75 bits per heavy atom. The highest BCUT2D eigenvalue weighted by Crippen LogP contribution is 2.48. The van der Waals surface area contributed by atoms with E-state index in [4.69, 9.17) is 4.74 Å². The molecule has 2 bridgehead atoms. The molecular weight excluding hydrogens is 196 g/mol. The van der Waals surface area contributed by atoms with Crippen molar-refractivity contribution in [2.24, 2.45) is 5.92 Å². The molecular formula is C15H20O. The molecule has 0 N–H and O–H groups in total. The van der Waals surface area contributed by atoms with Crippen LogP contribution in [0.3, 0.4) is 0 Å². The standard InChI is InChI=1S/C15H20O/c1-15-10-9-14(16-15)13(11-15)8-7-12-5-3-2-4-6-12/h2-6,13-14H,7-11H2,1H3. The molecule has 16 heavy (non-hydrogen) atoms. The Hall–Kier alpha value is -0.820. The van der Waals surface area contributed by atoms with Gasteiger partial charge in [-0.15, -0.1) is 0 Å². The van der Waals surface area contributed by atoms with Gasteiger partial charge < -0.3 is 4.74 Å². The van der Waals surface area contributed by atoms with Crippen LogP contribution in [0.2, 0.25) is 0 Å². The molecule has 86 valence electrons. The van der Waals surface area contributed by atoms with E-state index in [1.807, 2.05) is 0 Å². The van der Waals surface area contributed by atoms with Gasteiger partial charge >= 0.3 is 0 Å². The predicted molar refractivity (Wildman–Crippen MR) is 65.4 cm³/mol. The SMILES string of the molecule is CC12CCC(O1)C(CCc1ccccc1)C2. The molecule has 3 rings (SSSR count). The summed E-state index contributed by atoms with van der Waals surface area (Å²) in [5, 5.41) is 0. The molecule has 0 aromatic heterocycles. The van der Waals surface area contributed by atoms with E-state index in [2.05, 4.69) is 37.3 Å². The average molecular weight is 216 g/mol. The summed E-state index contributed by atoms with van der Waals surface area (Å²) < 4.78 is 6.06. The normalized spacial score (nSPS) is 36.8. The lowest BCUT2D eigenvalue weighted by Gasteiger charge is -2.22. The third-order valence-electron chi connectivity index (χ3n) is 4.26. The molecule has 1 nitrogen and oxygen atoms in total. The van der Waals surface area contributed by atoms with Crippen LogP contribution >= 0.6 is 0 Å². The lowest BCUT2D eigenvalue weighted by Crippen LogP contribution is -2.22. The molecule has 2 aliphatic heterocycles. The number of hydrogen-bond donors (Lipinski definition) is 0. The summed E-state index contributed by atoms with van der Waals surface area (Å²) in [6, 6.07) is 10.8. The molecule has 2 saturated heterocycles. The molecule has 1 aromatic carbocycles. The first-order valence-corrected chi connectivity index (χ1v) is 6.47. The quantitative estimate of drug-likeness (QED) is 0.750. The van der Waals surface area contributed by atoms with E-state index in [1.165, 1.54) is 37.7 Å². The summed E-state index contributed by atoms with van der Waals surface area (Å²) >= 11 is 0. The van der Waals surface area contributed by atoms with E-state index < -0.39 is 0 Å². The van der Waals surface area contributed by atoms with Gasteiger partial charge in [-0.05, 0) is 50.5 Å². The third-order valence-corrected chi connectivity index (χ3v) is 4.26. The van der Waals surface area contributed by atoms with E-state index in [-0.39, 0.29) is 5.60 Å². The maximum Gasteiger partial charge on any atom is 0.0663 e. The fraction of sp³-hybridized carbons (Fsp3) is 0.600. The number of benzene rings is 1. The Bertz CT molecular complexity index is 359. The number of ether oxygens (including phenoxy) is 1. The van der Waals surface area contributed by atoms with Crippen LogP contribution in [0.1, 0.15) is 38.2 Å². The Morgan fingerprint density at radius 1 is 1.31 bits per heavy atom. The number of hydrogen-bond acceptors (Lipinski definition) is 1. The van der Waals surface area contributed by atoms with Gasteiger partial charge in [-0.25, -0.2) is 0 Å². The van der Waals surface area contributed by atoms with Gasteiger partial charge in [0.2, 0.25) is 0 Å². The highest BCUT2D eigenvalue weighted by atomic mass is 16.5. The van der Waals surface area contributed by atoms with Gasteiger partial charge in [-0.1, -0.05) is 30.3 Å². The summed E-state index contributed by atoms with van der Waals surface area (Å²) in [5.41, 5.74) is 1.70. The first-order chi connectivity index (χ1) is 7.75. The van der Waals surface area contributed by atoms with Crippen LogP contribution in [-0.2, 0) is 11.2 Å². The summed E-state index contributed by atoms with van der Waals surface area (Å²) in [7, 11) is 0. The van der Waals surface area contributed by atoms with Crippen LogP contribution in [0.5, 0.6) is 0 Å². The van der Waals surface area contributed by atoms with Crippen molar-refractivity contribution in [1.29, 1.82) is 0 Å². The average Bonchev–Trinajstić information content (AvgIpc) is 2.83. The second-order valence-electron chi connectivity index (χ2n) is 5.63. The molecule has 1 aromatic rings. The van der Waals surface area contributed by atoms with Gasteiger partial charge in [0.05, 0.1) is 11.7 Å². The van der Waals surface area contributed by atoms with Gasteiger partial charge in [-0.2, -0.15) is 0 Å². The molecule has 1 heteroatoms. The Labute approximate surface area is 97.8 Å². The molecule has 2 aliphatic rings. The second kappa shape index (κ2) is 3.89. The molecule has 0 radical (unpaired) electrons. The van der Waals surface area contributed by atoms with Crippen molar-refractivity contribution in [3.8, 4) is 0 Å². The maximum absolute atomic E-state index is 6.06. The van der Waals surface area contributed by atoms with Crippen LogP contribution in [0, 0.1) is 5.92 Å². The van der Waals surface area contributed by atoms with Gasteiger partial charge in [0.1, 0.15) is 0 Å². The highest BCUT2D eigenvalue weighted by Gasteiger charge is 2.48. The molecule has 3 atom stereocenters. The minimum atomic E-state index is 0.228. The fourth-order valence-electron chi connectivity index (χ4n) is 3.38. The van der Waals surface area contributed by atoms with Gasteiger partial charge in [0.15, 0.2) is 0 Å². The monoisotopic (exact) mass is 216 g/mol. The van der Waals surface area contributed by atoms with Crippen molar-refractivity contribution in [3.63, 3.8) is 0 Å². The molecule has 3 unspecified atom stereocenters. The van der Waals surface area contributed by atoms with E-state index in [0.717, 1.165) is 5.92 Å². The summed E-state index contributed by atoms with van der Waals surface area (Å²) in [6.07, 6.45) is 6.92. The zero-order valence-corrected chi connectivity index (χ0v) is 9.99. The van der Waals surface area contributed by atoms with Crippen LogP contribution in [-0.4, -0.2) is 11.7 Å². The first-order valence-electron chi connectivity index (χ1n) is 6.47. The lowest BCUT2D eigenvalue weighted by atomic mass is 9.80. The molecule has 0 saturated carbocycles. The van der Waals surface area contributed by atoms with Crippen molar-refractivity contribution in [3.05, 3.63) is 35.9 Å². The van der Waals surface area contributed by atoms with Gasteiger partial charge in [0.25, 0.3) is 0 Å². The molecule has 0 spiro atoms.